The largest absolute Gasteiger partial charge is 0.497 e. The zero-order valence-corrected chi connectivity index (χ0v) is 18.5. The second-order valence-electron chi connectivity index (χ2n) is 7.49. The zero-order chi connectivity index (χ0) is 22.7. The van der Waals surface area contributed by atoms with Crippen molar-refractivity contribution >= 4 is 22.4 Å². The lowest BCUT2D eigenvalue weighted by molar-refractivity contribution is 0.0989. The van der Waals surface area contributed by atoms with Crippen LogP contribution in [0.5, 0.6) is 5.75 Å². The van der Waals surface area contributed by atoms with Gasteiger partial charge in [0.2, 0.25) is 0 Å². The van der Waals surface area contributed by atoms with Gasteiger partial charge < -0.3 is 9.64 Å². The van der Waals surface area contributed by atoms with Crippen LogP contribution in [0.25, 0.3) is 16.5 Å². The van der Waals surface area contributed by atoms with Crippen molar-refractivity contribution in [2.45, 2.75) is 20.3 Å². The summed E-state index contributed by atoms with van der Waals surface area (Å²) in [4.78, 5) is 28.9. The van der Waals surface area contributed by atoms with Gasteiger partial charge in [0, 0.05) is 34.9 Å². The molecule has 4 rings (SSSR count). The van der Waals surface area contributed by atoms with Crippen LogP contribution in [0.1, 0.15) is 29.8 Å². The monoisotopic (exact) mass is 426 g/mol. The summed E-state index contributed by atoms with van der Waals surface area (Å²) < 4.78 is 6.77. The van der Waals surface area contributed by atoms with E-state index in [4.69, 9.17) is 4.74 Å². The second-order valence-corrected chi connectivity index (χ2v) is 7.49. The van der Waals surface area contributed by atoms with Crippen molar-refractivity contribution in [3.8, 4) is 11.4 Å². The number of pyridine rings is 1. The summed E-state index contributed by atoms with van der Waals surface area (Å²) in [5.74, 6) is 0.569. The van der Waals surface area contributed by atoms with Gasteiger partial charge in [-0.15, -0.1) is 0 Å². The first kappa shape index (κ1) is 21.4. The molecule has 0 bridgehead atoms. The Kier molecular flexibility index (Phi) is 6.08. The average molecular weight is 427 g/mol. The highest BCUT2D eigenvalue weighted by atomic mass is 16.5. The number of benzene rings is 3. The Hall–Kier alpha value is -3.86. The molecule has 1 heterocycles. The normalized spacial score (nSPS) is 10.8. The van der Waals surface area contributed by atoms with Crippen LogP contribution in [-0.4, -0.2) is 24.1 Å². The van der Waals surface area contributed by atoms with Gasteiger partial charge in [-0.2, -0.15) is 0 Å². The molecule has 0 N–H and O–H groups in total. The molecule has 0 saturated carbocycles. The fourth-order valence-corrected chi connectivity index (χ4v) is 4.04. The molecule has 162 valence electrons. The van der Waals surface area contributed by atoms with Gasteiger partial charge in [-0.1, -0.05) is 43.3 Å². The van der Waals surface area contributed by atoms with Crippen molar-refractivity contribution in [3.05, 3.63) is 100 Å². The Morgan fingerprint density at radius 1 is 0.906 bits per heavy atom. The number of aryl methyl sites for hydroxylation is 1. The zero-order valence-electron chi connectivity index (χ0n) is 18.5. The number of nitrogens with zero attached hydrogens (tertiary/aromatic N) is 2. The lowest BCUT2D eigenvalue weighted by atomic mass is 10.0. The maximum atomic E-state index is 13.8. The summed E-state index contributed by atoms with van der Waals surface area (Å²) in [5, 5.41) is 1.16. The number of anilines is 1. The smallest absolute Gasteiger partial charge is 0.262 e. The highest BCUT2D eigenvalue weighted by Crippen LogP contribution is 2.26. The number of carbonyl (C=O) groups excluding carboxylic acids is 1. The molecule has 0 radical (unpaired) electrons. The van der Waals surface area contributed by atoms with Crippen molar-refractivity contribution in [2.24, 2.45) is 0 Å². The minimum Gasteiger partial charge on any atom is -0.497 e. The third-order valence-corrected chi connectivity index (χ3v) is 5.73. The molecule has 0 fully saturated rings. The average Bonchev–Trinajstić information content (AvgIpc) is 2.85. The SMILES string of the molecule is CCc1ccccc1N(CC)C(=O)c1cn(-c2ccc(OC)cc2)c(=O)c2ccccc12. The predicted octanol–water partition coefficient (Wildman–Crippen LogP) is 5.23. The van der Waals surface area contributed by atoms with E-state index < -0.39 is 0 Å². The Morgan fingerprint density at radius 3 is 2.22 bits per heavy atom. The maximum absolute atomic E-state index is 13.8. The maximum Gasteiger partial charge on any atom is 0.262 e. The number of methoxy groups -OCH3 is 1. The van der Waals surface area contributed by atoms with Crippen molar-refractivity contribution in [1.29, 1.82) is 0 Å². The number of ether oxygens (including phenoxy) is 1. The first-order chi connectivity index (χ1) is 15.6. The predicted molar refractivity (Wildman–Crippen MR) is 129 cm³/mol. The molecule has 1 aromatic heterocycles. The van der Waals surface area contributed by atoms with E-state index in [0.29, 0.717) is 34.3 Å². The number of aromatic nitrogens is 1. The second kappa shape index (κ2) is 9.10. The number of fused-ring (bicyclic) bond motifs is 1. The third kappa shape index (κ3) is 3.78. The molecule has 0 aliphatic rings. The molecule has 0 atom stereocenters. The van der Waals surface area contributed by atoms with Crippen LogP contribution in [0.4, 0.5) is 5.69 Å². The summed E-state index contributed by atoms with van der Waals surface area (Å²) in [6.07, 6.45) is 2.48. The van der Waals surface area contributed by atoms with Crippen molar-refractivity contribution in [2.75, 3.05) is 18.6 Å². The number of rotatable bonds is 6. The number of carbonyl (C=O) groups is 1. The van der Waals surface area contributed by atoms with Gasteiger partial charge in [0.15, 0.2) is 0 Å². The first-order valence-electron chi connectivity index (χ1n) is 10.8. The fraction of sp³-hybridized carbons (Fsp3) is 0.185. The van der Waals surface area contributed by atoms with Crippen LogP contribution < -0.4 is 15.2 Å². The molecule has 0 saturated heterocycles. The van der Waals surface area contributed by atoms with Crippen molar-refractivity contribution < 1.29 is 9.53 Å². The van der Waals surface area contributed by atoms with E-state index in [1.165, 1.54) is 4.57 Å². The van der Waals surface area contributed by atoms with Gasteiger partial charge in [0.25, 0.3) is 11.5 Å². The van der Waals surface area contributed by atoms with Gasteiger partial charge in [-0.05, 0) is 55.3 Å². The third-order valence-electron chi connectivity index (χ3n) is 5.73. The van der Waals surface area contributed by atoms with E-state index in [1.807, 2.05) is 61.5 Å². The molecule has 1 amide bonds. The minimum atomic E-state index is -0.167. The molecule has 3 aromatic carbocycles. The van der Waals surface area contributed by atoms with E-state index in [9.17, 15) is 9.59 Å². The van der Waals surface area contributed by atoms with E-state index in [1.54, 1.807) is 36.4 Å². The molecular formula is C27H26N2O3. The molecule has 5 heteroatoms. The molecule has 0 spiro atoms. The van der Waals surface area contributed by atoms with Gasteiger partial charge >= 0.3 is 0 Å². The topological polar surface area (TPSA) is 51.5 Å². The van der Waals surface area contributed by atoms with Crippen LogP contribution in [0, 0.1) is 0 Å². The van der Waals surface area contributed by atoms with E-state index in [-0.39, 0.29) is 11.5 Å². The van der Waals surface area contributed by atoms with Gasteiger partial charge in [0.05, 0.1) is 12.7 Å². The highest BCUT2D eigenvalue weighted by Gasteiger charge is 2.22. The lowest BCUT2D eigenvalue weighted by Crippen LogP contribution is -2.33. The summed E-state index contributed by atoms with van der Waals surface area (Å²) >= 11 is 0. The van der Waals surface area contributed by atoms with Crippen LogP contribution in [0.2, 0.25) is 0 Å². The first-order valence-corrected chi connectivity index (χ1v) is 10.8. The Balaban J connectivity index is 1.92. The van der Waals surface area contributed by atoms with Crippen molar-refractivity contribution in [1.82, 2.24) is 4.57 Å². The van der Waals surface area contributed by atoms with Crippen LogP contribution in [-0.2, 0) is 6.42 Å². The number of hydrogen-bond donors (Lipinski definition) is 0. The number of amides is 1. The molecule has 0 unspecified atom stereocenters. The van der Waals surface area contributed by atoms with Crippen molar-refractivity contribution in [3.63, 3.8) is 0 Å². The standard InChI is InChI=1S/C27H26N2O3/c1-4-19-10-6-9-13-25(19)28(5-2)27(31)24-18-29(20-14-16-21(32-3)17-15-20)26(30)23-12-8-7-11-22(23)24/h6-18H,4-5H2,1-3H3. The summed E-state index contributed by atoms with van der Waals surface area (Å²) in [5.41, 5.74) is 3.00. The number of para-hydroxylation sites is 1. The molecule has 0 aliphatic carbocycles. The van der Waals surface area contributed by atoms with E-state index >= 15 is 0 Å². The summed E-state index contributed by atoms with van der Waals surface area (Å²) in [6.45, 7) is 4.56. The Labute approximate surface area is 187 Å². The van der Waals surface area contributed by atoms with Gasteiger partial charge in [0.1, 0.15) is 5.75 Å². The Morgan fingerprint density at radius 2 is 1.56 bits per heavy atom. The molecule has 0 aliphatic heterocycles. The van der Waals surface area contributed by atoms with E-state index in [0.717, 1.165) is 17.7 Å². The van der Waals surface area contributed by atoms with E-state index in [2.05, 4.69) is 6.92 Å². The highest BCUT2D eigenvalue weighted by molar-refractivity contribution is 6.14. The lowest BCUT2D eigenvalue weighted by Gasteiger charge is -2.25. The minimum absolute atomic E-state index is 0.133. The van der Waals surface area contributed by atoms with Crippen LogP contribution >= 0.6 is 0 Å². The molecule has 32 heavy (non-hydrogen) atoms. The quantitative estimate of drug-likeness (QED) is 0.424. The van der Waals surface area contributed by atoms with Crippen LogP contribution in [0.15, 0.2) is 83.8 Å². The van der Waals surface area contributed by atoms with Gasteiger partial charge in [-0.3, -0.25) is 14.2 Å². The number of hydrogen-bond acceptors (Lipinski definition) is 3. The fourth-order valence-electron chi connectivity index (χ4n) is 4.04. The molecular weight excluding hydrogens is 400 g/mol. The summed E-state index contributed by atoms with van der Waals surface area (Å²) in [6, 6.07) is 22.5. The summed E-state index contributed by atoms with van der Waals surface area (Å²) in [7, 11) is 1.60. The van der Waals surface area contributed by atoms with Crippen LogP contribution in [0.3, 0.4) is 0 Å². The van der Waals surface area contributed by atoms with Gasteiger partial charge in [-0.25, -0.2) is 0 Å². The molecule has 5 nitrogen and oxygen atoms in total. The Bertz CT molecular complexity index is 1320. The molecule has 4 aromatic rings.